The summed E-state index contributed by atoms with van der Waals surface area (Å²) in [4.78, 5) is 25.4. The molecule has 1 saturated carbocycles. The van der Waals surface area contributed by atoms with E-state index >= 15 is 0 Å². The molecule has 0 atom stereocenters. The molecule has 0 aromatic carbocycles. The molecule has 1 N–H and O–H groups in total. The molecule has 9 heteroatoms. The van der Waals surface area contributed by atoms with Crippen molar-refractivity contribution in [3.8, 4) is 0 Å². The van der Waals surface area contributed by atoms with Crippen molar-refractivity contribution in [2.45, 2.75) is 31.7 Å². The Labute approximate surface area is 140 Å². The van der Waals surface area contributed by atoms with E-state index in [1.165, 1.54) is 18.4 Å². The van der Waals surface area contributed by atoms with Gasteiger partial charge in [-0.3, -0.25) is 4.79 Å². The molecule has 3 aliphatic rings. The Morgan fingerprint density at radius 1 is 1.29 bits per heavy atom. The fourth-order valence-corrected chi connectivity index (χ4v) is 3.85. The highest BCUT2D eigenvalue weighted by atomic mass is 32.2. The van der Waals surface area contributed by atoms with Gasteiger partial charge < -0.3 is 15.0 Å². The molecule has 0 spiro atoms. The molecule has 3 rings (SSSR count). The van der Waals surface area contributed by atoms with Gasteiger partial charge in [0.25, 0.3) is 15.9 Å². The second kappa shape index (κ2) is 6.76. The lowest BCUT2D eigenvalue weighted by Gasteiger charge is -2.26. The highest BCUT2D eigenvalue weighted by Crippen LogP contribution is 2.18. The molecule has 1 amide bonds. The number of ether oxygens (including phenoxy) is 1. The van der Waals surface area contributed by atoms with E-state index in [1.54, 1.807) is 4.90 Å². The van der Waals surface area contributed by atoms with E-state index in [0.717, 1.165) is 25.7 Å². The third-order valence-electron chi connectivity index (χ3n) is 4.11. The number of carbonyl (C=O) groups excluding carboxylic acids is 2. The van der Waals surface area contributed by atoms with E-state index in [-0.39, 0.29) is 42.3 Å². The van der Waals surface area contributed by atoms with Crippen molar-refractivity contribution in [3.63, 3.8) is 0 Å². The summed E-state index contributed by atoms with van der Waals surface area (Å²) in [7, 11) is -3.43. The van der Waals surface area contributed by atoms with Gasteiger partial charge >= 0.3 is 5.97 Å². The number of carbonyl (C=O) groups is 2. The number of fused-ring (bicyclic) bond motifs is 1. The molecule has 24 heavy (non-hydrogen) atoms. The van der Waals surface area contributed by atoms with E-state index < -0.39 is 16.0 Å². The molecule has 0 aromatic rings. The summed E-state index contributed by atoms with van der Waals surface area (Å²) < 4.78 is 31.5. The first-order valence-electron chi connectivity index (χ1n) is 7.89. The number of nitrogens with one attached hydrogen (secondary N) is 1. The van der Waals surface area contributed by atoms with Crippen molar-refractivity contribution in [2.75, 3.05) is 18.9 Å². The Morgan fingerprint density at radius 2 is 2.04 bits per heavy atom. The van der Waals surface area contributed by atoms with Crippen LogP contribution in [-0.4, -0.2) is 56.0 Å². The van der Waals surface area contributed by atoms with Crippen LogP contribution < -0.4 is 5.32 Å². The first-order valence-corrected chi connectivity index (χ1v) is 9.49. The number of hydrogen-bond donors (Lipinski definition) is 1. The van der Waals surface area contributed by atoms with Crippen LogP contribution >= 0.6 is 0 Å². The Bertz CT molecular complexity index is 732. The van der Waals surface area contributed by atoms with Crippen molar-refractivity contribution < 1.29 is 22.7 Å². The maximum Gasteiger partial charge on any atom is 0.340 e. The summed E-state index contributed by atoms with van der Waals surface area (Å²) in [6.45, 7) is -0.0969. The summed E-state index contributed by atoms with van der Waals surface area (Å²) in [6, 6.07) is 0.180. The number of nitrogens with zero attached hydrogens (tertiary/aromatic N) is 2. The van der Waals surface area contributed by atoms with Gasteiger partial charge in [0.15, 0.2) is 6.61 Å². The topological polar surface area (TPSA) is 105 Å². The van der Waals surface area contributed by atoms with E-state index in [2.05, 4.69) is 9.71 Å². The van der Waals surface area contributed by atoms with Gasteiger partial charge in [0.1, 0.15) is 5.84 Å². The third-order valence-corrected chi connectivity index (χ3v) is 5.28. The first kappa shape index (κ1) is 16.7. The number of hydrogen-bond acceptors (Lipinski definition) is 6. The molecule has 2 heterocycles. The van der Waals surface area contributed by atoms with Crippen molar-refractivity contribution in [3.05, 3.63) is 23.9 Å². The van der Waals surface area contributed by atoms with E-state index in [0.29, 0.717) is 0 Å². The van der Waals surface area contributed by atoms with Crippen LogP contribution in [0.4, 0.5) is 0 Å². The van der Waals surface area contributed by atoms with Crippen LogP contribution in [0.5, 0.6) is 0 Å². The number of amidine groups is 1. The lowest BCUT2D eigenvalue weighted by Crippen LogP contribution is -2.38. The monoisotopic (exact) mass is 353 g/mol. The number of sulfonamides is 1. The summed E-state index contributed by atoms with van der Waals surface area (Å²) in [5.41, 5.74) is 0.252. The van der Waals surface area contributed by atoms with Gasteiger partial charge in [0, 0.05) is 18.8 Å². The third kappa shape index (κ3) is 4.02. The minimum absolute atomic E-state index is 0.104. The normalized spacial score (nSPS) is 22.4. The van der Waals surface area contributed by atoms with Crippen LogP contribution in [0.25, 0.3) is 0 Å². The zero-order valence-corrected chi connectivity index (χ0v) is 13.9. The zero-order chi connectivity index (χ0) is 17.2. The molecular weight excluding hydrogens is 334 g/mol. The van der Waals surface area contributed by atoms with Gasteiger partial charge in [0.2, 0.25) is 0 Å². The van der Waals surface area contributed by atoms with Crippen molar-refractivity contribution in [1.29, 1.82) is 0 Å². The van der Waals surface area contributed by atoms with Gasteiger partial charge in [-0.1, -0.05) is 12.8 Å². The van der Waals surface area contributed by atoms with Crippen LogP contribution in [0.2, 0.25) is 0 Å². The van der Waals surface area contributed by atoms with E-state index in [1.807, 2.05) is 0 Å². The molecule has 0 bridgehead atoms. The molecule has 2 aliphatic heterocycles. The molecule has 1 aliphatic carbocycles. The smallest absolute Gasteiger partial charge is 0.340 e. The summed E-state index contributed by atoms with van der Waals surface area (Å²) >= 11 is 0. The predicted molar refractivity (Wildman–Crippen MR) is 86.5 cm³/mol. The quantitative estimate of drug-likeness (QED) is 0.718. The molecular formula is C15H19N3O5S. The van der Waals surface area contributed by atoms with Crippen LogP contribution in [-0.2, 0) is 24.3 Å². The number of esters is 1. The van der Waals surface area contributed by atoms with Gasteiger partial charge in [-0.05, 0) is 25.0 Å². The minimum atomic E-state index is -3.43. The average molecular weight is 353 g/mol. The van der Waals surface area contributed by atoms with Gasteiger partial charge in [-0.25, -0.2) is 13.2 Å². The van der Waals surface area contributed by atoms with Crippen molar-refractivity contribution >= 4 is 27.7 Å². The van der Waals surface area contributed by atoms with Crippen molar-refractivity contribution in [2.24, 2.45) is 4.40 Å². The van der Waals surface area contributed by atoms with Crippen molar-refractivity contribution in [1.82, 2.24) is 10.2 Å². The molecule has 1 fully saturated rings. The maximum absolute atomic E-state index is 12.0. The molecule has 8 nitrogen and oxygen atoms in total. The van der Waals surface area contributed by atoms with Crippen LogP contribution in [0, 0.1) is 0 Å². The second-order valence-corrected chi connectivity index (χ2v) is 7.73. The lowest BCUT2D eigenvalue weighted by atomic mass is 10.2. The number of rotatable bonds is 4. The van der Waals surface area contributed by atoms with Gasteiger partial charge in [0.05, 0.1) is 11.3 Å². The van der Waals surface area contributed by atoms with Crippen LogP contribution in [0.15, 0.2) is 28.3 Å². The molecule has 0 aromatic heterocycles. The first-order chi connectivity index (χ1) is 11.4. The van der Waals surface area contributed by atoms with Gasteiger partial charge in [-0.15, -0.1) is 4.40 Å². The fourth-order valence-electron chi connectivity index (χ4n) is 2.88. The van der Waals surface area contributed by atoms with Crippen LogP contribution in [0.3, 0.4) is 0 Å². The highest BCUT2D eigenvalue weighted by molar-refractivity contribution is 7.90. The Morgan fingerprint density at radius 3 is 2.79 bits per heavy atom. The highest BCUT2D eigenvalue weighted by Gasteiger charge is 2.25. The SMILES string of the molecule is O=C(COC(=O)C1=CN2CCS(=O)(=O)N=C2C=C1)NC1CCCC1. The minimum Gasteiger partial charge on any atom is -0.452 e. The Hall–Kier alpha value is -2.16. The van der Waals surface area contributed by atoms with E-state index in [4.69, 9.17) is 4.74 Å². The summed E-state index contributed by atoms with van der Waals surface area (Å²) in [5.74, 6) is -0.758. The van der Waals surface area contributed by atoms with Gasteiger partial charge in [-0.2, -0.15) is 0 Å². The second-order valence-electron chi connectivity index (χ2n) is 5.97. The van der Waals surface area contributed by atoms with E-state index in [9.17, 15) is 18.0 Å². The molecule has 0 unspecified atom stereocenters. The standard InChI is InChI=1S/C15H19N3O5S/c19-14(16-12-3-1-2-4-12)10-23-15(20)11-5-6-13-17-24(21,22)8-7-18(13)9-11/h5-6,9,12H,1-4,7-8,10H2,(H,16,19). The maximum atomic E-state index is 12.0. The predicted octanol–water partition coefficient (Wildman–Crippen LogP) is 0.0860. The molecule has 0 saturated heterocycles. The summed E-state index contributed by atoms with van der Waals surface area (Å²) in [5, 5.41) is 2.84. The zero-order valence-electron chi connectivity index (χ0n) is 13.1. The summed E-state index contributed by atoms with van der Waals surface area (Å²) in [6.07, 6.45) is 8.53. The largest absolute Gasteiger partial charge is 0.452 e. The Kier molecular flexibility index (Phi) is 4.70. The average Bonchev–Trinajstić information content (AvgIpc) is 3.04. The van der Waals surface area contributed by atoms with Crippen LogP contribution in [0.1, 0.15) is 25.7 Å². The fraction of sp³-hybridized carbons (Fsp3) is 0.533. The molecule has 130 valence electrons. The lowest BCUT2D eigenvalue weighted by molar-refractivity contribution is -0.144. The molecule has 0 radical (unpaired) electrons. The number of amides is 1. The Balaban J connectivity index is 1.54.